The molecule has 0 bridgehead atoms. The Balaban J connectivity index is 2.34. The number of hydrogen-bond acceptors (Lipinski definition) is 5. The van der Waals surface area contributed by atoms with Crippen LogP contribution in [0.4, 0.5) is 0 Å². The third-order valence-corrected chi connectivity index (χ3v) is 11.7. The van der Waals surface area contributed by atoms with E-state index in [4.69, 9.17) is 9.47 Å². The summed E-state index contributed by atoms with van der Waals surface area (Å²) in [5.74, 6) is 1.97. The molecule has 0 saturated carbocycles. The molecule has 5 heteroatoms. The van der Waals surface area contributed by atoms with Crippen LogP contribution in [0.3, 0.4) is 0 Å². The lowest BCUT2D eigenvalue weighted by Gasteiger charge is -2.39. The number of unbranched alkanes of at least 4 members (excludes halogenated alkanes) is 20. The predicted octanol–water partition coefficient (Wildman–Crippen LogP) is 14.0. The van der Waals surface area contributed by atoms with Gasteiger partial charge in [0.1, 0.15) is 0 Å². The van der Waals surface area contributed by atoms with Gasteiger partial charge in [0.15, 0.2) is 0 Å². The zero-order valence-electron chi connectivity index (χ0n) is 35.6. The monoisotopic (exact) mass is 734 g/mol. The number of aliphatic hydroxyl groups excluding tert-OH is 1. The van der Waals surface area contributed by atoms with Gasteiger partial charge in [-0.05, 0) is 89.7 Å². The minimum absolute atomic E-state index is 0.0195. The molecule has 1 rings (SSSR count). The standard InChI is InChI=1S/C47H91NO4/c1-5-9-12-15-18-19-20-23-30-41-51-47(50)36-29-27-32-44-42-43(37-38-48(44)39-40-49)31-26-28-33-45(8-4)52-46(34-24-21-16-13-10-6-2)35-25-22-17-14-11-7-3/h8,43-44,46,49H,5-7,9-42H2,1-4H3/b45-8+. The molecule has 0 aromatic heterocycles. The summed E-state index contributed by atoms with van der Waals surface area (Å²) in [7, 11) is 0. The molecule has 52 heavy (non-hydrogen) atoms. The van der Waals surface area contributed by atoms with E-state index in [1.165, 1.54) is 179 Å². The molecular weight excluding hydrogens is 643 g/mol. The number of aliphatic hydroxyl groups is 1. The van der Waals surface area contributed by atoms with E-state index < -0.39 is 0 Å². The Morgan fingerprint density at radius 2 is 1.19 bits per heavy atom. The number of β-amino-alcohol motifs (C(OH)–C–C–N with tert-alkyl or cyclic N) is 1. The maximum Gasteiger partial charge on any atom is 0.305 e. The molecule has 2 atom stereocenters. The molecule has 1 aliphatic heterocycles. The molecule has 1 N–H and O–H groups in total. The van der Waals surface area contributed by atoms with Crippen LogP contribution in [-0.4, -0.2) is 54.4 Å². The van der Waals surface area contributed by atoms with Gasteiger partial charge in [-0.25, -0.2) is 0 Å². The van der Waals surface area contributed by atoms with Crippen molar-refractivity contribution < 1.29 is 19.4 Å². The summed E-state index contributed by atoms with van der Waals surface area (Å²) in [5, 5.41) is 9.71. The molecule has 1 fully saturated rings. The summed E-state index contributed by atoms with van der Waals surface area (Å²) in [4.78, 5) is 14.8. The van der Waals surface area contributed by atoms with E-state index >= 15 is 0 Å². The third kappa shape index (κ3) is 28.4. The molecule has 0 radical (unpaired) electrons. The Kier molecular flexibility index (Phi) is 34.7. The van der Waals surface area contributed by atoms with Gasteiger partial charge in [-0.3, -0.25) is 9.69 Å². The highest BCUT2D eigenvalue weighted by molar-refractivity contribution is 5.69. The minimum Gasteiger partial charge on any atom is -0.495 e. The summed E-state index contributed by atoms with van der Waals surface area (Å²) < 4.78 is 12.3. The number of rotatable bonds is 38. The number of piperidine rings is 1. The number of esters is 1. The van der Waals surface area contributed by atoms with Gasteiger partial charge >= 0.3 is 5.97 Å². The second-order valence-electron chi connectivity index (χ2n) is 16.5. The van der Waals surface area contributed by atoms with Crippen molar-refractivity contribution in [2.45, 2.75) is 252 Å². The Bertz CT molecular complexity index is 784. The van der Waals surface area contributed by atoms with E-state index in [1.54, 1.807) is 0 Å². The summed E-state index contributed by atoms with van der Waals surface area (Å²) in [5.41, 5.74) is 0. The number of carbonyl (C=O) groups is 1. The molecule has 2 unspecified atom stereocenters. The number of ether oxygens (including phenoxy) is 2. The van der Waals surface area contributed by atoms with Crippen molar-refractivity contribution in [3.8, 4) is 0 Å². The number of likely N-dealkylation sites (tertiary alicyclic amines) is 1. The first-order chi connectivity index (χ1) is 25.6. The highest BCUT2D eigenvalue weighted by atomic mass is 16.5. The van der Waals surface area contributed by atoms with E-state index in [0.29, 0.717) is 25.2 Å². The Hall–Kier alpha value is -1.07. The summed E-state index contributed by atoms with van der Waals surface area (Å²) >= 11 is 0. The smallest absolute Gasteiger partial charge is 0.305 e. The Morgan fingerprint density at radius 1 is 0.673 bits per heavy atom. The summed E-state index contributed by atoms with van der Waals surface area (Å²) in [6, 6.07) is 0.531. The number of nitrogens with zero attached hydrogens (tertiary/aromatic N) is 1. The lowest BCUT2D eigenvalue weighted by atomic mass is 9.85. The van der Waals surface area contributed by atoms with Crippen molar-refractivity contribution >= 4 is 5.97 Å². The zero-order valence-corrected chi connectivity index (χ0v) is 35.6. The summed E-state index contributed by atoms with van der Waals surface area (Å²) in [6.45, 7) is 11.7. The molecule has 0 amide bonds. The van der Waals surface area contributed by atoms with Crippen LogP contribution in [0.5, 0.6) is 0 Å². The van der Waals surface area contributed by atoms with Crippen molar-refractivity contribution in [2.75, 3.05) is 26.3 Å². The fourth-order valence-corrected chi connectivity index (χ4v) is 8.27. The van der Waals surface area contributed by atoms with Crippen LogP contribution in [0.2, 0.25) is 0 Å². The normalized spacial score (nSPS) is 16.9. The maximum atomic E-state index is 12.3. The van der Waals surface area contributed by atoms with Gasteiger partial charge in [0.2, 0.25) is 0 Å². The molecule has 1 heterocycles. The highest BCUT2D eigenvalue weighted by Gasteiger charge is 2.27. The lowest BCUT2D eigenvalue weighted by Crippen LogP contribution is -2.43. The molecule has 1 saturated heterocycles. The van der Waals surface area contributed by atoms with Gasteiger partial charge in [0, 0.05) is 25.4 Å². The average Bonchev–Trinajstić information content (AvgIpc) is 3.15. The van der Waals surface area contributed by atoms with Gasteiger partial charge in [-0.1, -0.05) is 156 Å². The second-order valence-corrected chi connectivity index (χ2v) is 16.5. The Morgan fingerprint density at radius 3 is 1.75 bits per heavy atom. The topological polar surface area (TPSA) is 59.0 Å². The van der Waals surface area contributed by atoms with E-state index in [1.807, 2.05) is 0 Å². The van der Waals surface area contributed by atoms with Crippen LogP contribution in [-0.2, 0) is 14.3 Å². The quantitative estimate of drug-likeness (QED) is 0.0389. The van der Waals surface area contributed by atoms with Crippen molar-refractivity contribution in [3.05, 3.63) is 11.8 Å². The SMILES string of the molecule is C/C=C(\CCCCC1CCN(CCO)C(CCCCC(=O)OCCCCCCCCCCC)C1)OC(CCCCCCCC)CCCCCCCC. The van der Waals surface area contributed by atoms with E-state index in [-0.39, 0.29) is 12.6 Å². The van der Waals surface area contributed by atoms with Crippen LogP contribution in [0.15, 0.2) is 11.8 Å². The molecule has 0 spiro atoms. The highest BCUT2D eigenvalue weighted by Crippen LogP contribution is 2.30. The van der Waals surface area contributed by atoms with Crippen molar-refractivity contribution in [1.82, 2.24) is 4.90 Å². The first kappa shape index (κ1) is 48.9. The Labute approximate surface area is 325 Å². The van der Waals surface area contributed by atoms with Crippen LogP contribution < -0.4 is 0 Å². The summed E-state index contributed by atoms with van der Waals surface area (Å²) in [6.07, 6.45) is 43.8. The number of allylic oxidation sites excluding steroid dienone is 2. The molecule has 308 valence electrons. The molecule has 0 aromatic carbocycles. The van der Waals surface area contributed by atoms with E-state index in [0.717, 1.165) is 51.1 Å². The van der Waals surface area contributed by atoms with E-state index in [2.05, 4.69) is 38.7 Å². The van der Waals surface area contributed by atoms with Crippen molar-refractivity contribution in [2.24, 2.45) is 5.92 Å². The second kappa shape index (κ2) is 36.9. The molecule has 5 nitrogen and oxygen atoms in total. The fraction of sp³-hybridized carbons (Fsp3) is 0.936. The molecule has 0 aromatic rings. The minimum atomic E-state index is -0.0195. The number of hydrogen-bond donors (Lipinski definition) is 1. The van der Waals surface area contributed by atoms with Crippen LogP contribution in [0.25, 0.3) is 0 Å². The van der Waals surface area contributed by atoms with Gasteiger partial charge in [0.25, 0.3) is 0 Å². The van der Waals surface area contributed by atoms with Crippen LogP contribution in [0, 0.1) is 5.92 Å². The predicted molar refractivity (Wildman–Crippen MR) is 225 cm³/mol. The molecular formula is C47H91NO4. The van der Waals surface area contributed by atoms with Crippen molar-refractivity contribution in [1.29, 1.82) is 0 Å². The lowest BCUT2D eigenvalue weighted by molar-refractivity contribution is -0.143. The van der Waals surface area contributed by atoms with Gasteiger partial charge in [-0.15, -0.1) is 0 Å². The van der Waals surface area contributed by atoms with Crippen LogP contribution in [0.1, 0.15) is 240 Å². The van der Waals surface area contributed by atoms with Crippen molar-refractivity contribution in [3.63, 3.8) is 0 Å². The van der Waals surface area contributed by atoms with Crippen LogP contribution >= 0.6 is 0 Å². The first-order valence-electron chi connectivity index (χ1n) is 23.4. The van der Waals surface area contributed by atoms with Gasteiger partial charge < -0.3 is 14.6 Å². The number of carbonyl (C=O) groups excluding carboxylic acids is 1. The zero-order chi connectivity index (χ0) is 37.7. The van der Waals surface area contributed by atoms with Gasteiger partial charge in [-0.2, -0.15) is 0 Å². The largest absolute Gasteiger partial charge is 0.495 e. The van der Waals surface area contributed by atoms with Gasteiger partial charge in [0.05, 0.1) is 25.1 Å². The first-order valence-corrected chi connectivity index (χ1v) is 23.4. The molecule has 1 aliphatic rings. The van der Waals surface area contributed by atoms with E-state index in [9.17, 15) is 9.90 Å². The maximum absolute atomic E-state index is 12.3. The molecule has 0 aliphatic carbocycles. The average molecular weight is 734 g/mol. The third-order valence-electron chi connectivity index (χ3n) is 11.7. The fourth-order valence-electron chi connectivity index (χ4n) is 8.27.